The summed E-state index contributed by atoms with van der Waals surface area (Å²) >= 11 is 2.96. The van der Waals surface area contributed by atoms with E-state index in [1.54, 1.807) is 29.5 Å². The van der Waals surface area contributed by atoms with Gasteiger partial charge in [0.15, 0.2) is 0 Å². The van der Waals surface area contributed by atoms with Crippen LogP contribution in [0.15, 0.2) is 46.9 Å². The molecule has 3 aromatic rings. The predicted molar refractivity (Wildman–Crippen MR) is 103 cm³/mol. The first-order valence-electron chi connectivity index (χ1n) is 7.97. The Morgan fingerprint density at radius 1 is 1.27 bits per heavy atom. The Hall–Kier alpha value is -2.45. The van der Waals surface area contributed by atoms with Crippen molar-refractivity contribution in [1.82, 2.24) is 20.5 Å². The smallest absolute Gasteiger partial charge is 0.230 e. The number of amides is 1. The highest BCUT2D eigenvalue weighted by molar-refractivity contribution is 7.99. The van der Waals surface area contributed by atoms with E-state index >= 15 is 0 Å². The summed E-state index contributed by atoms with van der Waals surface area (Å²) in [7, 11) is 0. The monoisotopic (exact) mass is 388 g/mol. The summed E-state index contributed by atoms with van der Waals surface area (Å²) in [6, 6.07) is 10.2. The van der Waals surface area contributed by atoms with Gasteiger partial charge in [-0.1, -0.05) is 36.0 Å². The number of halogens is 1. The second-order valence-electron chi connectivity index (χ2n) is 5.36. The molecule has 0 atom stereocenters. The van der Waals surface area contributed by atoms with Crippen LogP contribution in [0.1, 0.15) is 16.3 Å². The van der Waals surface area contributed by atoms with Crippen LogP contribution in [-0.4, -0.2) is 33.4 Å². The highest BCUT2D eigenvalue weighted by atomic mass is 32.2. The Labute approximate surface area is 158 Å². The molecule has 8 heteroatoms. The molecule has 5 nitrogen and oxygen atoms in total. The van der Waals surface area contributed by atoms with Crippen LogP contribution in [0.4, 0.5) is 4.39 Å². The van der Waals surface area contributed by atoms with Gasteiger partial charge in [-0.2, -0.15) is 0 Å². The molecule has 1 aromatic carbocycles. The maximum Gasteiger partial charge on any atom is 0.230 e. The molecule has 0 saturated carbocycles. The molecule has 0 bridgehead atoms. The zero-order chi connectivity index (χ0) is 18.2. The van der Waals surface area contributed by atoms with Crippen LogP contribution in [0.3, 0.4) is 0 Å². The summed E-state index contributed by atoms with van der Waals surface area (Å²) in [5.41, 5.74) is 0.863. The van der Waals surface area contributed by atoms with Gasteiger partial charge in [-0.05, 0) is 41.6 Å². The molecule has 2 heterocycles. The lowest BCUT2D eigenvalue weighted by Gasteiger charge is -2.02. The van der Waals surface area contributed by atoms with Gasteiger partial charge in [0, 0.05) is 11.4 Å². The van der Waals surface area contributed by atoms with Crippen LogP contribution in [0, 0.1) is 5.82 Å². The summed E-state index contributed by atoms with van der Waals surface area (Å²) in [5.74, 6) is 0.535. The van der Waals surface area contributed by atoms with Gasteiger partial charge in [0.25, 0.3) is 0 Å². The topological polar surface area (TPSA) is 70.7 Å². The first-order valence-corrected chi connectivity index (χ1v) is 9.83. The van der Waals surface area contributed by atoms with Crippen molar-refractivity contribution < 1.29 is 9.18 Å². The van der Waals surface area contributed by atoms with Crippen molar-refractivity contribution in [2.24, 2.45) is 0 Å². The average Bonchev–Trinajstić information content (AvgIpc) is 3.31. The number of carbonyl (C=O) groups is 1. The maximum atomic E-state index is 12.9. The molecule has 134 valence electrons. The van der Waals surface area contributed by atoms with Gasteiger partial charge in [0.05, 0.1) is 5.75 Å². The number of aromatic nitrogens is 3. The zero-order valence-corrected chi connectivity index (χ0v) is 15.4. The van der Waals surface area contributed by atoms with Crippen molar-refractivity contribution >= 4 is 41.2 Å². The SMILES string of the molecule is O=C(CSc1n[nH]c(/C=C\c2ccc(F)cc2)n1)NCCc1cccs1. The Morgan fingerprint density at radius 3 is 2.88 bits per heavy atom. The molecule has 2 aromatic heterocycles. The Kier molecular flexibility index (Phi) is 6.56. The molecule has 3 rings (SSSR count). The summed E-state index contributed by atoms with van der Waals surface area (Å²) in [4.78, 5) is 17.4. The molecule has 0 aliphatic carbocycles. The molecule has 0 saturated heterocycles. The highest BCUT2D eigenvalue weighted by Gasteiger charge is 2.06. The Morgan fingerprint density at radius 2 is 2.12 bits per heavy atom. The lowest BCUT2D eigenvalue weighted by molar-refractivity contribution is -0.118. The van der Waals surface area contributed by atoms with E-state index < -0.39 is 0 Å². The van der Waals surface area contributed by atoms with Crippen LogP contribution in [0.2, 0.25) is 0 Å². The van der Waals surface area contributed by atoms with Gasteiger partial charge < -0.3 is 5.32 Å². The van der Waals surface area contributed by atoms with E-state index in [9.17, 15) is 9.18 Å². The first-order chi connectivity index (χ1) is 12.7. The number of H-pyrrole nitrogens is 1. The highest BCUT2D eigenvalue weighted by Crippen LogP contribution is 2.13. The summed E-state index contributed by atoms with van der Waals surface area (Å²) in [6.07, 6.45) is 4.41. The summed E-state index contributed by atoms with van der Waals surface area (Å²) in [6.45, 7) is 0.625. The number of thioether (sulfide) groups is 1. The van der Waals surface area contributed by atoms with Crippen molar-refractivity contribution in [3.63, 3.8) is 0 Å². The van der Waals surface area contributed by atoms with Gasteiger partial charge in [-0.15, -0.1) is 16.4 Å². The van der Waals surface area contributed by atoms with E-state index in [0.29, 0.717) is 17.5 Å². The molecule has 1 amide bonds. The second kappa shape index (κ2) is 9.30. The van der Waals surface area contributed by atoms with Crippen molar-refractivity contribution in [3.8, 4) is 0 Å². The summed E-state index contributed by atoms with van der Waals surface area (Å²) < 4.78 is 12.9. The molecular formula is C18H17FN4OS2. The summed E-state index contributed by atoms with van der Waals surface area (Å²) in [5, 5.41) is 12.3. The minimum atomic E-state index is -0.269. The number of thiophene rings is 1. The zero-order valence-electron chi connectivity index (χ0n) is 13.8. The molecular weight excluding hydrogens is 371 g/mol. The fourth-order valence-corrected chi connectivity index (χ4v) is 3.45. The number of benzene rings is 1. The predicted octanol–water partition coefficient (Wildman–Crippen LogP) is 3.63. The maximum absolute atomic E-state index is 12.9. The molecule has 2 N–H and O–H groups in total. The van der Waals surface area contributed by atoms with E-state index in [1.807, 2.05) is 17.5 Å². The fraction of sp³-hybridized carbons (Fsp3) is 0.167. The second-order valence-corrected chi connectivity index (χ2v) is 7.33. The average molecular weight is 388 g/mol. The van der Waals surface area contributed by atoms with Gasteiger partial charge in [-0.3, -0.25) is 9.89 Å². The Balaban J connectivity index is 1.41. The van der Waals surface area contributed by atoms with Gasteiger partial charge in [0.2, 0.25) is 11.1 Å². The van der Waals surface area contributed by atoms with E-state index in [-0.39, 0.29) is 17.5 Å². The third-order valence-corrected chi connectivity index (χ3v) is 5.18. The van der Waals surface area contributed by atoms with E-state index in [2.05, 4.69) is 26.6 Å². The van der Waals surface area contributed by atoms with Crippen LogP contribution >= 0.6 is 23.1 Å². The normalized spacial score (nSPS) is 11.1. The number of aromatic amines is 1. The van der Waals surface area contributed by atoms with E-state index in [0.717, 1.165) is 12.0 Å². The van der Waals surface area contributed by atoms with Gasteiger partial charge >= 0.3 is 0 Å². The molecule has 0 unspecified atom stereocenters. The first kappa shape index (κ1) is 18.3. The van der Waals surface area contributed by atoms with Gasteiger partial charge in [-0.25, -0.2) is 9.37 Å². The number of rotatable bonds is 8. The van der Waals surface area contributed by atoms with E-state index in [4.69, 9.17) is 0 Å². The molecule has 26 heavy (non-hydrogen) atoms. The molecule has 0 aliphatic rings. The molecule has 0 aliphatic heterocycles. The number of nitrogens with zero attached hydrogens (tertiary/aromatic N) is 2. The molecule has 0 fully saturated rings. The number of carbonyl (C=O) groups excluding carboxylic acids is 1. The number of hydrogen-bond donors (Lipinski definition) is 2. The minimum Gasteiger partial charge on any atom is -0.355 e. The number of nitrogens with one attached hydrogen (secondary N) is 2. The third-order valence-electron chi connectivity index (χ3n) is 3.39. The standard InChI is InChI=1S/C18H17FN4OS2/c19-14-6-3-13(4-7-14)5-8-16-21-18(23-22-16)26-12-17(24)20-10-9-15-2-1-11-25-15/h1-8,11H,9-10,12H2,(H,20,24)(H,21,22,23)/b8-5-. The van der Waals surface area contributed by atoms with Crippen molar-refractivity contribution in [2.45, 2.75) is 11.6 Å². The quantitative estimate of drug-likeness (QED) is 0.578. The lowest BCUT2D eigenvalue weighted by Crippen LogP contribution is -2.27. The van der Waals surface area contributed by atoms with Crippen molar-refractivity contribution in [3.05, 3.63) is 63.9 Å². The van der Waals surface area contributed by atoms with Crippen LogP contribution in [0.25, 0.3) is 12.2 Å². The lowest BCUT2D eigenvalue weighted by atomic mass is 10.2. The van der Waals surface area contributed by atoms with Gasteiger partial charge in [0.1, 0.15) is 11.6 Å². The molecule has 0 radical (unpaired) electrons. The van der Waals surface area contributed by atoms with Crippen molar-refractivity contribution in [1.29, 1.82) is 0 Å². The largest absolute Gasteiger partial charge is 0.355 e. The van der Waals surface area contributed by atoms with E-state index in [1.165, 1.54) is 28.8 Å². The van der Waals surface area contributed by atoms with Crippen LogP contribution in [0.5, 0.6) is 0 Å². The molecule has 0 spiro atoms. The third kappa shape index (κ3) is 5.82. The van der Waals surface area contributed by atoms with Crippen molar-refractivity contribution in [2.75, 3.05) is 12.3 Å². The number of hydrogen-bond acceptors (Lipinski definition) is 5. The Bertz CT molecular complexity index is 860. The van der Waals surface area contributed by atoms with Crippen LogP contribution < -0.4 is 5.32 Å². The minimum absolute atomic E-state index is 0.0419. The van der Waals surface area contributed by atoms with Crippen LogP contribution in [-0.2, 0) is 11.2 Å². The fourth-order valence-electron chi connectivity index (χ4n) is 2.11.